The molecule has 0 bridgehead atoms. The van der Waals surface area contributed by atoms with Gasteiger partial charge in [-0.3, -0.25) is 4.79 Å². The Kier molecular flexibility index (Phi) is 0.805. The van der Waals surface area contributed by atoms with Gasteiger partial charge in [-0.05, 0) is 12.3 Å². The van der Waals surface area contributed by atoms with E-state index in [-0.39, 0.29) is 11.8 Å². The number of primary amides is 1. The Balaban J connectivity index is 2.33. The molecular formula is C5H9NO. The van der Waals surface area contributed by atoms with Gasteiger partial charge in [0.2, 0.25) is 5.91 Å². The Hall–Kier alpha value is -0.530. The summed E-state index contributed by atoms with van der Waals surface area (Å²) in [6.45, 7) is 2.04. The Morgan fingerprint density at radius 3 is 2.29 bits per heavy atom. The summed E-state index contributed by atoms with van der Waals surface area (Å²) in [4.78, 5) is 10.2. The molecule has 7 heavy (non-hydrogen) atoms. The summed E-state index contributed by atoms with van der Waals surface area (Å²) < 4.78 is 0. The van der Waals surface area contributed by atoms with Gasteiger partial charge in [-0.1, -0.05) is 6.92 Å². The number of amides is 1. The van der Waals surface area contributed by atoms with Crippen LogP contribution in [0.3, 0.4) is 0 Å². The third-order valence-corrected chi connectivity index (χ3v) is 1.47. The summed E-state index contributed by atoms with van der Waals surface area (Å²) in [5, 5.41) is 0. The molecule has 0 aromatic rings. The standard InChI is InChI=1S/C5H9NO/c1-3-2-4(3)5(6)7/h3-4H,2H2,1H3,(H2,6,7)/t3-,4?/m0/s1. The maximum absolute atomic E-state index is 10.2. The summed E-state index contributed by atoms with van der Waals surface area (Å²) in [7, 11) is 0. The first kappa shape index (κ1) is 4.62. The van der Waals surface area contributed by atoms with Crippen molar-refractivity contribution in [1.82, 2.24) is 0 Å². The van der Waals surface area contributed by atoms with Gasteiger partial charge in [0.1, 0.15) is 0 Å². The minimum absolute atomic E-state index is 0.132. The number of carbonyl (C=O) groups excluding carboxylic acids is 1. The van der Waals surface area contributed by atoms with Crippen LogP contribution in [-0.4, -0.2) is 5.91 Å². The average Bonchev–Trinajstić information content (AvgIpc) is 2.17. The number of hydrogen-bond acceptors (Lipinski definition) is 1. The van der Waals surface area contributed by atoms with E-state index in [0.717, 1.165) is 6.42 Å². The van der Waals surface area contributed by atoms with Gasteiger partial charge < -0.3 is 5.73 Å². The molecule has 1 amide bonds. The molecule has 0 aliphatic heterocycles. The summed E-state index contributed by atoms with van der Waals surface area (Å²) in [6, 6.07) is 0. The van der Waals surface area contributed by atoms with Gasteiger partial charge in [0, 0.05) is 5.92 Å². The number of nitrogens with two attached hydrogens (primary N) is 1. The van der Waals surface area contributed by atoms with Crippen molar-refractivity contribution in [2.24, 2.45) is 17.6 Å². The monoisotopic (exact) mass is 99.1 g/mol. The van der Waals surface area contributed by atoms with E-state index in [2.05, 4.69) is 0 Å². The predicted octanol–water partition coefficient (Wildman–Crippen LogP) is 0.128. The van der Waals surface area contributed by atoms with Crippen molar-refractivity contribution in [3.8, 4) is 0 Å². The third-order valence-electron chi connectivity index (χ3n) is 1.47. The van der Waals surface area contributed by atoms with Crippen molar-refractivity contribution in [3.05, 3.63) is 0 Å². The molecule has 2 atom stereocenters. The van der Waals surface area contributed by atoms with Crippen molar-refractivity contribution >= 4 is 5.91 Å². The predicted molar refractivity (Wildman–Crippen MR) is 26.5 cm³/mol. The Morgan fingerprint density at radius 1 is 1.86 bits per heavy atom. The number of hydrogen-bond donors (Lipinski definition) is 1. The quantitative estimate of drug-likeness (QED) is 0.498. The van der Waals surface area contributed by atoms with Crippen LogP contribution < -0.4 is 5.73 Å². The lowest BCUT2D eigenvalue weighted by atomic mass is 10.3. The van der Waals surface area contributed by atoms with Crippen LogP contribution >= 0.6 is 0 Å². The van der Waals surface area contributed by atoms with Gasteiger partial charge in [-0.2, -0.15) is 0 Å². The molecule has 1 aliphatic rings. The molecule has 0 heterocycles. The molecule has 1 aliphatic carbocycles. The highest BCUT2D eigenvalue weighted by Gasteiger charge is 2.37. The van der Waals surface area contributed by atoms with E-state index >= 15 is 0 Å². The first-order valence-electron chi connectivity index (χ1n) is 2.51. The lowest BCUT2D eigenvalue weighted by Crippen LogP contribution is -2.13. The second-order valence-corrected chi connectivity index (χ2v) is 2.22. The van der Waals surface area contributed by atoms with Gasteiger partial charge in [0.15, 0.2) is 0 Å². The lowest BCUT2D eigenvalue weighted by molar-refractivity contribution is -0.119. The smallest absolute Gasteiger partial charge is 0.220 e. The van der Waals surface area contributed by atoms with Gasteiger partial charge >= 0.3 is 0 Å². The normalized spacial score (nSPS) is 37.9. The number of carbonyl (C=O) groups is 1. The molecule has 0 aromatic carbocycles. The molecule has 1 fully saturated rings. The van der Waals surface area contributed by atoms with Crippen molar-refractivity contribution in [2.75, 3.05) is 0 Å². The van der Waals surface area contributed by atoms with Crippen molar-refractivity contribution in [2.45, 2.75) is 13.3 Å². The van der Waals surface area contributed by atoms with E-state index < -0.39 is 0 Å². The van der Waals surface area contributed by atoms with Crippen molar-refractivity contribution in [1.29, 1.82) is 0 Å². The van der Waals surface area contributed by atoms with Crippen molar-refractivity contribution in [3.63, 3.8) is 0 Å². The molecule has 1 unspecified atom stereocenters. The number of rotatable bonds is 1. The molecule has 0 spiro atoms. The van der Waals surface area contributed by atoms with Crippen molar-refractivity contribution < 1.29 is 4.79 Å². The minimum Gasteiger partial charge on any atom is -0.369 e. The fourth-order valence-electron chi connectivity index (χ4n) is 0.719. The van der Waals surface area contributed by atoms with Crippen LogP contribution in [0.5, 0.6) is 0 Å². The second kappa shape index (κ2) is 1.22. The fourth-order valence-corrected chi connectivity index (χ4v) is 0.719. The van der Waals surface area contributed by atoms with Crippen LogP contribution in [0.25, 0.3) is 0 Å². The molecule has 0 aromatic heterocycles. The summed E-state index contributed by atoms with van der Waals surface area (Å²) in [5.74, 6) is 0.644. The summed E-state index contributed by atoms with van der Waals surface area (Å²) in [5.41, 5.74) is 4.95. The zero-order valence-corrected chi connectivity index (χ0v) is 4.35. The van der Waals surface area contributed by atoms with E-state index in [0.29, 0.717) is 5.92 Å². The summed E-state index contributed by atoms with van der Waals surface area (Å²) >= 11 is 0. The molecule has 2 N–H and O–H groups in total. The average molecular weight is 99.1 g/mol. The minimum atomic E-state index is -0.132. The maximum Gasteiger partial charge on any atom is 0.220 e. The third kappa shape index (κ3) is 0.734. The van der Waals surface area contributed by atoms with Gasteiger partial charge in [-0.15, -0.1) is 0 Å². The largest absolute Gasteiger partial charge is 0.369 e. The van der Waals surface area contributed by atoms with Gasteiger partial charge in [0.25, 0.3) is 0 Å². The van der Waals surface area contributed by atoms with E-state index in [1.165, 1.54) is 0 Å². The zero-order chi connectivity index (χ0) is 5.44. The Labute approximate surface area is 42.7 Å². The fraction of sp³-hybridized carbons (Fsp3) is 0.800. The highest BCUT2D eigenvalue weighted by Crippen LogP contribution is 2.36. The molecule has 2 heteroatoms. The molecular weight excluding hydrogens is 90.1 g/mol. The maximum atomic E-state index is 10.2. The first-order chi connectivity index (χ1) is 3.22. The van der Waals surface area contributed by atoms with Gasteiger partial charge in [0.05, 0.1) is 0 Å². The summed E-state index contributed by atoms with van der Waals surface area (Å²) in [6.07, 6.45) is 1.01. The van der Waals surface area contributed by atoms with E-state index in [1.807, 2.05) is 6.92 Å². The Morgan fingerprint density at radius 2 is 2.29 bits per heavy atom. The van der Waals surface area contributed by atoms with Crippen LogP contribution in [0.15, 0.2) is 0 Å². The second-order valence-electron chi connectivity index (χ2n) is 2.22. The van der Waals surface area contributed by atoms with Crippen LogP contribution in [-0.2, 0) is 4.79 Å². The highest BCUT2D eigenvalue weighted by molar-refractivity contribution is 5.79. The zero-order valence-electron chi connectivity index (χ0n) is 4.35. The van der Waals surface area contributed by atoms with Crippen LogP contribution in [0, 0.1) is 11.8 Å². The Bertz CT molecular complexity index is 100. The SMILES string of the molecule is C[C@H]1CC1C(N)=O. The molecule has 2 nitrogen and oxygen atoms in total. The lowest BCUT2D eigenvalue weighted by Gasteiger charge is -1.81. The van der Waals surface area contributed by atoms with Gasteiger partial charge in [-0.25, -0.2) is 0 Å². The van der Waals surface area contributed by atoms with E-state index in [9.17, 15) is 4.79 Å². The molecule has 0 saturated heterocycles. The van der Waals surface area contributed by atoms with Crippen LogP contribution in [0.4, 0.5) is 0 Å². The molecule has 1 rings (SSSR count). The van der Waals surface area contributed by atoms with E-state index in [1.54, 1.807) is 0 Å². The molecule has 40 valence electrons. The topological polar surface area (TPSA) is 43.1 Å². The van der Waals surface area contributed by atoms with Crippen LogP contribution in [0.2, 0.25) is 0 Å². The van der Waals surface area contributed by atoms with Crippen LogP contribution in [0.1, 0.15) is 13.3 Å². The molecule has 1 saturated carbocycles. The molecule has 0 radical (unpaired) electrons. The highest BCUT2D eigenvalue weighted by atomic mass is 16.1. The first-order valence-corrected chi connectivity index (χ1v) is 2.51. The van der Waals surface area contributed by atoms with E-state index in [4.69, 9.17) is 5.73 Å².